The van der Waals surface area contributed by atoms with Crippen LogP contribution in [0.4, 0.5) is 4.79 Å². The second-order valence-corrected chi connectivity index (χ2v) is 9.46. The second kappa shape index (κ2) is 6.80. The van der Waals surface area contributed by atoms with Crippen molar-refractivity contribution < 1.29 is 22.8 Å². The lowest BCUT2D eigenvalue weighted by Crippen LogP contribution is -2.55. The first-order valence-electron chi connectivity index (χ1n) is 9.02. The molecule has 2 aliphatic heterocycles. The van der Waals surface area contributed by atoms with E-state index in [0.29, 0.717) is 6.42 Å². The number of sulfonamides is 1. The molecular weight excluding hydrogens is 360 g/mol. The van der Waals surface area contributed by atoms with Crippen LogP contribution in [0.5, 0.6) is 0 Å². The predicted molar refractivity (Wildman–Crippen MR) is 93.6 cm³/mol. The van der Waals surface area contributed by atoms with Crippen LogP contribution in [0.1, 0.15) is 32.6 Å². The topological polar surface area (TPSA) is 107 Å². The van der Waals surface area contributed by atoms with Gasteiger partial charge >= 0.3 is 6.03 Å². The van der Waals surface area contributed by atoms with Crippen molar-refractivity contribution in [1.82, 2.24) is 19.4 Å². The van der Waals surface area contributed by atoms with Gasteiger partial charge in [0, 0.05) is 26.2 Å². The van der Waals surface area contributed by atoms with Crippen molar-refractivity contribution in [3.63, 3.8) is 0 Å². The third-order valence-electron chi connectivity index (χ3n) is 5.86. The van der Waals surface area contributed by atoms with Gasteiger partial charge in [-0.2, -0.15) is 4.31 Å². The Kier molecular flexibility index (Phi) is 5.00. The number of nitrogens with zero attached hydrogens (tertiary/aromatic N) is 3. The van der Waals surface area contributed by atoms with Crippen LogP contribution in [0.3, 0.4) is 0 Å². The van der Waals surface area contributed by atoms with Crippen molar-refractivity contribution in [2.45, 2.75) is 38.1 Å². The van der Waals surface area contributed by atoms with Gasteiger partial charge < -0.3 is 10.2 Å². The molecule has 1 spiro atoms. The molecule has 0 bridgehead atoms. The summed E-state index contributed by atoms with van der Waals surface area (Å²) in [6, 6.07) is -0.508. The van der Waals surface area contributed by atoms with E-state index in [-0.39, 0.29) is 50.5 Å². The molecule has 1 aliphatic carbocycles. The van der Waals surface area contributed by atoms with Gasteiger partial charge in [0.1, 0.15) is 12.1 Å². The predicted octanol–water partition coefficient (Wildman–Crippen LogP) is -0.409. The van der Waals surface area contributed by atoms with E-state index in [2.05, 4.69) is 5.32 Å². The van der Waals surface area contributed by atoms with E-state index in [1.807, 2.05) is 6.92 Å². The molecule has 0 radical (unpaired) electrons. The molecule has 1 N–H and O–H groups in total. The van der Waals surface area contributed by atoms with Crippen LogP contribution >= 0.6 is 0 Å². The van der Waals surface area contributed by atoms with Gasteiger partial charge in [-0.05, 0) is 18.8 Å². The van der Waals surface area contributed by atoms with Crippen LogP contribution in [0.25, 0.3) is 0 Å². The van der Waals surface area contributed by atoms with Crippen LogP contribution in [0.2, 0.25) is 0 Å². The molecule has 1 saturated carbocycles. The summed E-state index contributed by atoms with van der Waals surface area (Å²) < 4.78 is 24.4. The van der Waals surface area contributed by atoms with Gasteiger partial charge in [0.05, 0.1) is 6.26 Å². The molecule has 0 aromatic carbocycles. The van der Waals surface area contributed by atoms with Crippen LogP contribution < -0.4 is 5.32 Å². The Bertz CT molecular complexity index is 716. The Hall–Kier alpha value is -1.68. The minimum absolute atomic E-state index is 0.0473. The normalized spacial score (nSPS) is 30.8. The molecule has 3 fully saturated rings. The lowest BCUT2D eigenvalue weighted by Gasteiger charge is -2.37. The first-order chi connectivity index (χ1) is 12.1. The van der Waals surface area contributed by atoms with Gasteiger partial charge in [0.2, 0.25) is 15.9 Å². The Morgan fingerprint density at radius 2 is 1.85 bits per heavy atom. The third-order valence-corrected chi connectivity index (χ3v) is 7.16. The number of hydrogen-bond donors (Lipinski definition) is 1. The van der Waals surface area contributed by atoms with E-state index >= 15 is 0 Å². The number of hydrogen-bond acceptors (Lipinski definition) is 5. The summed E-state index contributed by atoms with van der Waals surface area (Å²) in [4.78, 5) is 40.3. The van der Waals surface area contributed by atoms with Gasteiger partial charge in [-0.25, -0.2) is 13.2 Å². The summed E-state index contributed by atoms with van der Waals surface area (Å²) in [5.74, 6) is -0.592. The first-order valence-corrected chi connectivity index (χ1v) is 10.9. The fourth-order valence-electron chi connectivity index (χ4n) is 4.14. The highest BCUT2D eigenvalue weighted by Crippen LogP contribution is 2.38. The van der Waals surface area contributed by atoms with Gasteiger partial charge in [-0.3, -0.25) is 14.5 Å². The number of piperazine rings is 1. The summed E-state index contributed by atoms with van der Waals surface area (Å²) >= 11 is 0. The van der Waals surface area contributed by atoms with Crippen molar-refractivity contribution in [3.05, 3.63) is 0 Å². The molecule has 0 aromatic rings. The zero-order valence-electron chi connectivity index (χ0n) is 15.2. The zero-order valence-corrected chi connectivity index (χ0v) is 16.0. The Morgan fingerprint density at radius 1 is 1.19 bits per heavy atom. The Labute approximate surface area is 153 Å². The maximum atomic E-state index is 12.9. The summed E-state index contributed by atoms with van der Waals surface area (Å²) in [6.45, 7) is 2.65. The highest BCUT2D eigenvalue weighted by Gasteiger charge is 2.55. The molecule has 2 heterocycles. The summed E-state index contributed by atoms with van der Waals surface area (Å²) in [5.41, 5.74) is -0.870. The van der Waals surface area contributed by atoms with Crippen LogP contribution in [-0.4, -0.2) is 84.9 Å². The molecule has 2 saturated heterocycles. The molecular formula is C16H26N4O5S. The van der Waals surface area contributed by atoms with Gasteiger partial charge in [-0.15, -0.1) is 0 Å². The Morgan fingerprint density at radius 3 is 2.42 bits per heavy atom. The quantitative estimate of drug-likeness (QED) is 0.664. The van der Waals surface area contributed by atoms with E-state index in [9.17, 15) is 22.8 Å². The summed E-state index contributed by atoms with van der Waals surface area (Å²) in [7, 11) is -3.27. The van der Waals surface area contributed by atoms with Crippen LogP contribution in [0.15, 0.2) is 0 Å². The molecule has 3 rings (SSSR count). The van der Waals surface area contributed by atoms with E-state index in [0.717, 1.165) is 30.4 Å². The number of amides is 4. The van der Waals surface area contributed by atoms with Gasteiger partial charge in [0.25, 0.3) is 5.91 Å². The second-order valence-electron chi connectivity index (χ2n) is 7.48. The van der Waals surface area contributed by atoms with Crippen molar-refractivity contribution in [1.29, 1.82) is 0 Å². The lowest BCUT2D eigenvalue weighted by molar-refractivity contribution is -0.141. The lowest BCUT2D eigenvalue weighted by atomic mass is 9.73. The van der Waals surface area contributed by atoms with E-state index in [4.69, 9.17) is 0 Å². The van der Waals surface area contributed by atoms with E-state index < -0.39 is 21.6 Å². The minimum atomic E-state index is -3.27. The molecule has 4 amide bonds. The zero-order chi connectivity index (χ0) is 19.1. The van der Waals surface area contributed by atoms with E-state index in [1.54, 1.807) is 0 Å². The highest BCUT2D eigenvalue weighted by atomic mass is 32.2. The standard InChI is InChI=1S/C16H26N4O5S/c1-12-5-3-4-6-16(12)14(22)20(15(23)17-16)11-13(21)18-7-9-19(10-8-18)26(2,24)25/h12H,3-11H2,1-2H3,(H,17,23)/t12-,16+/m1/s1. The van der Waals surface area contributed by atoms with Crippen LogP contribution in [-0.2, 0) is 19.6 Å². The third kappa shape index (κ3) is 3.32. The summed E-state index contributed by atoms with van der Waals surface area (Å²) in [5, 5.41) is 2.83. The molecule has 3 aliphatic rings. The average Bonchev–Trinajstić information content (AvgIpc) is 2.82. The highest BCUT2D eigenvalue weighted by molar-refractivity contribution is 7.88. The van der Waals surface area contributed by atoms with Gasteiger partial charge in [-0.1, -0.05) is 19.8 Å². The fraction of sp³-hybridized carbons (Fsp3) is 0.812. The first kappa shape index (κ1) is 19.1. The number of urea groups is 1. The van der Waals surface area contributed by atoms with Crippen molar-refractivity contribution in [2.24, 2.45) is 5.92 Å². The average molecular weight is 386 g/mol. The fourth-order valence-corrected chi connectivity index (χ4v) is 4.97. The van der Waals surface area contributed by atoms with Gasteiger partial charge in [0.15, 0.2) is 0 Å². The maximum Gasteiger partial charge on any atom is 0.325 e. The molecule has 2 atom stereocenters. The maximum absolute atomic E-state index is 12.9. The van der Waals surface area contributed by atoms with Crippen molar-refractivity contribution in [3.8, 4) is 0 Å². The van der Waals surface area contributed by atoms with Crippen molar-refractivity contribution in [2.75, 3.05) is 39.0 Å². The van der Waals surface area contributed by atoms with Crippen LogP contribution in [0, 0.1) is 5.92 Å². The smallest absolute Gasteiger partial charge is 0.325 e. The molecule has 9 nitrogen and oxygen atoms in total. The Balaban J connectivity index is 1.63. The number of nitrogens with one attached hydrogen (secondary N) is 1. The number of imide groups is 1. The largest absolute Gasteiger partial charge is 0.338 e. The number of carbonyl (C=O) groups is 3. The minimum Gasteiger partial charge on any atom is -0.338 e. The number of carbonyl (C=O) groups excluding carboxylic acids is 3. The molecule has 146 valence electrons. The molecule has 26 heavy (non-hydrogen) atoms. The summed E-state index contributed by atoms with van der Waals surface area (Å²) in [6.07, 6.45) is 4.54. The SMILES string of the molecule is C[C@@H]1CCCC[C@]12NC(=O)N(CC(=O)N1CCN(S(C)(=O)=O)CC1)C2=O. The molecule has 10 heteroatoms. The number of rotatable bonds is 3. The van der Waals surface area contributed by atoms with Crippen molar-refractivity contribution >= 4 is 27.9 Å². The monoisotopic (exact) mass is 386 g/mol. The molecule has 0 aromatic heterocycles. The molecule has 0 unspecified atom stereocenters. The van der Waals surface area contributed by atoms with E-state index in [1.165, 1.54) is 9.21 Å².